The average Bonchev–Trinajstić information content (AvgIpc) is 2.53. The summed E-state index contributed by atoms with van der Waals surface area (Å²) in [6.45, 7) is 27.8. The highest BCUT2D eigenvalue weighted by Crippen LogP contribution is 2.44. The molecule has 0 aliphatic heterocycles. The minimum Gasteiger partial charge on any atom is -0.486 e. The van der Waals surface area contributed by atoms with Gasteiger partial charge in [0.05, 0.1) is 0 Å². The SMILES string of the molecule is CCCCCC[CH]Oc1ccc(C(C)(C)CC(C)(C)C)cc1C(C)(C)CC(C)(C)C. The zero-order valence-electron chi connectivity index (χ0n) is 22.2. The Morgan fingerprint density at radius 1 is 0.733 bits per heavy atom. The molecular formula is C29H51O. The van der Waals surface area contributed by atoms with Crippen molar-refractivity contribution in [1.82, 2.24) is 0 Å². The summed E-state index contributed by atoms with van der Waals surface area (Å²) < 4.78 is 6.26. The Labute approximate surface area is 189 Å². The molecule has 0 heterocycles. The normalized spacial score (nSPS) is 13.6. The van der Waals surface area contributed by atoms with Crippen LogP contribution in [0.15, 0.2) is 18.2 Å². The van der Waals surface area contributed by atoms with E-state index in [1.807, 2.05) is 6.61 Å². The minimum atomic E-state index is 0.0530. The fraction of sp³-hybridized carbons (Fsp3) is 0.759. The fourth-order valence-corrected chi connectivity index (χ4v) is 5.23. The van der Waals surface area contributed by atoms with Gasteiger partial charge in [0.1, 0.15) is 12.4 Å². The number of hydrogen-bond acceptors (Lipinski definition) is 1. The number of ether oxygens (including phenoxy) is 1. The summed E-state index contributed by atoms with van der Waals surface area (Å²) in [7, 11) is 0. The number of unbranched alkanes of at least 4 members (excludes halogenated alkanes) is 4. The highest BCUT2D eigenvalue weighted by molar-refractivity contribution is 5.44. The van der Waals surface area contributed by atoms with Crippen molar-refractivity contribution in [2.24, 2.45) is 10.8 Å². The third-order valence-electron chi connectivity index (χ3n) is 5.82. The highest BCUT2D eigenvalue weighted by Gasteiger charge is 2.33. The summed E-state index contributed by atoms with van der Waals surface area (Å²) in [6.07, 6.45) is 8.40. The molecule has 1 aromatic carbocycles. The van der Waals surface area contributed by atoms with Crippen LogP contribution in [0, 0.1) is 17.4 Å². The van der Waals surface area contributed by atoms with Crippen LogP contribution in [0.5, 0.6) is 5.75 Å². The fourth-order valence-electron chi connectivity index (χ4n) is 5.23. The van der Waals surface area contributed by atoms with Crippen LogP contribution < -0.4 is 4.74 Å². The van der Waals surface area contributed by atoms with Gasteiger partial charge in [0.25, 0.3) is 0 Å². The molecule has 0 atom stereocenters. The summed E-state index contributed by atoms with van der Waals surface area (Å²) >= 11 is 0. The third kappa shape index (κ3) is 9.44. The zero-order valence-corrected chi connectivity index (χ0v) is 22.2. The smallest absolute Gasteiger partial charge is 0.135 e. The van der Waals surface area contributed by atoms with E-state index in [2.05, 4.69) is 94.4 Å². The Hall–Kier alpha value is -0.980. The number of benzene rings is 1. The molecule has 0 amide bonds. The van der Waals surface area contributed by atoms with Crippen LogP contribution in [0.25, 0.3) is 0 Å². The molecule has 0 aromatic heterocycles. The molecule has 1 radical (unpaired) electrons. The molecule has 1 nitrogen and oxygen atoms in total. The lowest BCUT2D eigenvalue weighted by atomic mass is 9.68. The first-order chi connectivity index (χ1) is 13.6. The standard InChI is InChI=1S/C29H51O/c1-12-13-14-15-16-19-30-25-18-17-23(28(8,9)21-26(2,3)4)20-24(25)29(10,11)22-27(5,6)7/h17-20H,12-16,21-22H2,1-11H3. The third-order valence-corrected chi connectivity index (χ3v) is 5.82. The van der Waals surface area contributed by atoms with Gasteiger partial charge in [-0.25, -0.2) is 0 Å². The Balaban J connectivity index is 3.18. The second kappa shape index (κ2) is 10.6. The monoisotopic (exact) mass is 415 g/mol. The van der Waals surface area contributed by atoms with E-state index in [0.29, 0.717) is 5.41 Å². The summed E-state index contributed by atoms with van der Waals surface area (Å²) in [5.74, 6) is 1.04. The van der Waals surface area contributed by atoms with Crippen molar-refractivity contribution in [2.45, 2.75) is 132 Å². The zero-order chi connectivity index (χ0) is 23.2. The largest absolute Gasteiger partial charge is 0.486 e. The van der Waals surface area contributed by atoms with E-state index in [9.17, 15) is 0 Å². The Kier molecular flexibility index (Phi) is 9.52. The van der Waals surface area contributed by atoms with Gasteiger partial charge in [-0.15, -0.1) is 0 Å². The predicted molar refractivity (Wildman–Crippen MR) is 134 cm³/mol. The van der Waals surface area contributed by atoms with E-state index in [0.717, 1.165) is 25.0 Å². The quantitative estimate of drug-likeness (QED) is 0.327. The van der Waals surface area contributed by atoms with Crippen molar-refractivity contribution in [3.05, 3.63) is 35.9 Å². The summed E-state index contributed by atoms with van der Waals surface area (Å²) in [5.41, 5.74) is 3.52. The van der Waals surface area contributed by atoms with Gasteiger partial charge >= 0.3 is 0 Å². The molecule has 0 aliphatic rings. The van der Waals surface area contributed by atoms with Crippen molar-refractivity contribution in [1.29, 1.82) is 0 Å². The van der Waals surface area contributed by atoms with Gasteiger partial charge in [-0.1, -0.05) is 108 Å². The van der Waals surface area contributed by atoms with Crippen molar-refractivity contribution in [3.8, 4) is 5.75 Å². The Bertz CT molecular complexity index is 637. The van der Waals surface area contributed by atoms with Crippen molar-refractivity contribution < 1.29 is 4.74 Å². The lowest BCUT2D eigenvalue weighted by Crippen LogP contribution is -2.28. The lowest BCUT2D eigenvalue weighted by Gasteiger charge is -2.37. The minimum absolute atomic E-state index is 0.0530. The van der Waals surface area contributed by atoms with E-state index >= 15 is 0 Å². The van der Waals surface area contributed by atoms with Crippen LogP contribution >= 0.6 is 0 Å². The van der Waals surface area contributed by atoms with Crippen LogP contribution in [0.3, 0.4) is 0 Å². The molecule has 1 rings (SSSR count). The van der Waals surface area contributed by atoms with Crippen LogP contribution in [-0.4, -0.2) is 0 Å². The van der Waals surface area contributed by atoms with E-state index in [-0.39, 0.29) is 16.2 Å². The maximum absolute atomic E-state index is 6.26. The summed E-state index contributed by atoms with van der Waals surface area (Å²) in [6, 6.07) is 6.96. The molecule has 1 heteroatoms. The maximum atomic E-state index is 6.26. The lowest BCUT2D eigenvalue weighted by molar-refractivity contribution is 0.272. The molecule has 30 heavy (non-hydrogen) atoms. The molecule has 0 saturated carbocycles. The van der Waals surface area contributed by atoms with Crippen LogP contribution in [0.4, 0.5) is 0 Å². The molecule has 0 saturated heterocycles. The molecule has 173 valence electrons. The van der Waals surface area contributed by atoms with E-state index in [4.69, 9.17) is 4.74 Å². The Morgan fingerprint density at radius 3 is 1.83 bits per heavy atom. The predicted octanol–water partition coefficient (Wildman–Crippen LogP) is 9.63. The number of rotatable bonds is 11. The van der Waals surface area contributed by atoms with Crippen LogP contribution in [0.2, 0.25) is 0 Å². The number of hydrogen-bond donors (Lipinski definition) is 0. The van der Waals surface area contributed by atoms with Gasteiger partial charge in [0.2, 0.25) is 0 Å². The van der Waals surface area contributed by atoms with Crippen LogP contribution in [0.1, 0.15) is 132 Å². The second-order valence-corrected chi connectivity index (χ2v) is 13.1. The topological polar surface area (TPSA) is 9.23 Å². The second-order valence-electron chi connectivity index (χ2n) is 13.1. The van der Waals surface area contributed by atoms with Gasteiger partial charge in [0, 0.05) is 5.56 Å². The van der Waals surface area contributed by atoms with E-state index < -0.39 is 0 Å². The van der Waals surface area contributed by atoms with Crippen molar-refractivity contribution in [2.75, 3.05) is 0 Å². The van der Waals surface area contributed by atoms with Crippen molar-refractivity contribution in [3.63, 3.8) is 0 Å². The first-order valence-corrected chi connectivity index (χ1v) is 12.2. The first kappa shape index (κ1) is 27.1. The van der Waals surface area contributed by atoms with E-state index in [1.54, 1.807) is 0 Å². The molecule has 0 N–H and O–H groups in total. The van der Waals surface area contributed by atoms with E-state index in [1.165, 1.54) is 36.8 Å². The molecule has 0 bridgehead atoms. The molecule has 0 fully saturated rings. The molecule has 0 unspecified atom stereocenters. The van der Waals surface area contributed by atoms with Gasteiger partial charge in [-0.05, 0) is 59.0 Å². The van der Waals surface area contributed by atoms with Gasteiger partial charge in [0.15, 0.2) is 0 Å². The molecule has 0 spiro atoms. The molecular weight excluding hydrogens is 364 g/mol. The van der Waals surface area contributed by atoms with Gasteiger partial charge in [-0.3, -0.25) is 0 Å². The summed E-state index contributed by atoms with van der Waals surface area (Å²) in [5, 5.41) is 0. The summed E-state index contributed by atoms with van der Waals surface area (Å²) in [4.78, 5) is 0. The average molecular weight is 416 g/mol. The first-order valence-electron chi connectivity index (χ1n) is 12.2. The molecule has 0 aliphatic carbocycles. The van der Waals surface area contributed by atoms with Crippen LogP contribution in [-0.2, 0) is 10.8 Å². The van der Waals surface area contributed by atoms with Gasteiger partial charge in [-0.2, -0.15) is 0 Å². The highest BCUT2D eigenvalue weighted by atomic mass is 16.5. The maximum Gasteiger partial charge on any atom is 0.135 e. The Morgan fingerprint density at radius 2 is 1.30 bits per heavy atom. The molecule has 1 aromatic rings. The van der Waals surface area contributed by atoms with Crippen molar-refractivity contribution >= 4 is 0 Å². The van der Waals surface area contributed by atoms with Gasteiger partial charge < -0.3 is 4.74 Å².